The monoisotopic (exact) mass is 395 g/mol. The number of hydrogen-bond acceptors (Lipinski definition) is 3. The van der Waals surface area contributed by atoms with Gasteiger partial charge in [0.05, 0.1) is 21.4 Å². The lowest BCUT2D eigenvalue weighted by molar-refractivity contribution is -0.111. The van der Waals surface area contributed by atoms with Gasteiger partial charge in [0.15, 0.2) is 0 Å². The molecular formula is C21H15Cl2N3O. The van der Waals surface area contributed by atoms with Gasteiger partial charge in [-0.3, -0.25) is 4.79 Å². The minimum atomic E-state index is -0.250. The Balaban J connectivity index is 1.59. The first-order valence-corrected chi connectivity index (χ1v) is 8.87. The zero-order valence-electron chi connectivity index (χ0n) is 14.1. The first kappa shape index (κ1) is 18.8. The van der Waals surface area contributed by atoms with Gasteiger partial charge in [0.2, 0.25) is 5.91 Å². The van der Waals surface area contributed by atoms with Gasteiger partial charge in [0, 0.05) is 11.8 Å². The van der Waals surface area contributed by atoms with Crippen LogP contribution in [0.15, 0.2) is 89.1 Å². The van der Waals surface area contributed by atoms with E-state index in [1.165, 1.54) is 6.08 Å². The number of nitrogens with zero attached hydrogens (tertiary/aromatic N) is 2. The number of azo groups is 1. The van der Waals surface area contributed by atoms with E-state index in [4.69, 9.17) is 23.2 Å². The summed E-state index contributed by atoms with van der Waals surface area (Å²) in [5, 5.41) is 12.0. The van der Waals surface area contributed by atoms with Gasteiger partial charge in [-0.05, 0) is 60.2 Å². The normalized spacial score (nSPS) is 11.2. The van der Waals surface area contributed by atoms with Crippen molar-refractivity contribution in [2.24, 2.45) is 10.2 Å². The number of benzene rings is 3. The molecule has 1 N–H and O–H groups in total. The summed E-state index contributed by atoms with van der Waals surface area (Å²) < 4.78 is 0. The molecule has 0 atom stereocenters. The van der Waals surface area contributed by atoms with E-state index in [1.54, 1.807) is 48.5 Å². The van der Waals surface area contributed by atoms with Gasteiger partial charge >= 0.3 is 0 Å². The van der Waals surface area contributed by atoms with Crippen LogP contribution in [0.1, 0.15) is 5.56 Å². The Morgan fingerprint density at radius 2 is 1.48 bits per heavy atom. The number of rotatable bonds is 5. The van der Waals surface area contributed by atoms with Gasteiger partial charge < -0.3 is 5.32 Å². The molecule has 0 spiro atoms. The van der Waals surface area contributed by atoms with Gasteiger partial charge in [-0.15, -0.1) is 0 Å². The van der Waals surface area contributed by atoms with E-state index in [2.05, 4.69) is 15.5 Å². The van der Waals surface area contributed by atoms with E-state index in [9.17, 15) is 4.79 Å². The third kappa shape index (κ3) is 5.78. The molecule has 3 aromatic carbocycles. The van der Waals surface area contributed by atoms with Crippen molar-refractivity contribution in [3.63, 3.8) is 0 Å². The lowest BCUT2D eigenvalue weighted by Crippen LogP contribution is -2.07. The number of hydrogen-bond donors (Lipinski definition) is 1. The number of amides is 1. The Kier molecular flexibility index (Phi) is 6.36. The van der Waals surface area contributed by atoms with Gasteiger partial charge in [0.1, 0.15) is 0 Å². The zero-order valence-corrected chi connectivity index (χ0v) is 15.7. The molecule has 27 heavy (non-hydrogen) atoms. The summed E-state index contributed by atoms with van der Waals surface area (Å²) in [6.07, 6.45) is 3.10. The molecule has 6 heteroatoms. The molecule has 0 aliphatic heterocycles. The second-order valence-corrected chi connectivity index (χ2v) is 6.39. The number of halogens is 2. The third-order valence-electron chi connectivity index (χ3n) is 3.54. The van der Waals surface area contributed by atoms with Crippen LogP contribution in [0.5, 0.6) is 0 Å². The van der Waals surface area contributed by atoms with Crippen molar-refractivity contribution >= 4 is 52.2 Å². The van der Waals surface area contributed by atoms with Crippen LogP contribution in [-0.2, 0) is 4.79 Å². The summed E-state index contributed by atoms with van der Waals surface area (Å²) in [6, 6.07) is 21.7. The van der Waals surface area contributed by atoms with Crippen LogP contribution in [0.3, 0.4) is 0 Å². The van der Waals surface area contributed by atoms with E-state index < -0.39 is 0 Å². The van der Waals surface area contributed by atoms with Crippen LogP contribution in [0.25, 0.3) is 6.08 Å². The summed E-state index contributed by atoms with van der Waals surface area (Å²) >= 11 is 11.8. The van der Waals surface area contributed by atoms with Crippen LogP contribution in [0.2, 0.25) is 10.0 Å². The predicted octanol–water partition coefficient (Wildman–Crippen LogP) is 7.06. The Hall–Kier alpha value is -2.95. The lowest BCUT2D eigenvalue weighted by atomic mass is 10.2. The van der Waals surface area contributed by atoms with E-state index in [-0.39, 0.29) is 5.91 Å². The highest BCUT2D eigenvalue weighted by Gasteiger charge is 2.00. The van der Waals surface area contributed by atoms with Crippen molar-refractivity contribution in [2.75, 3.05) is 5.32 Å². The molecule has 0 unspecified atom stereocenters. The molecule has 1 amide bonds. The minimum Gasteiger partial charge on any atom is -0.323 e. The average molecular weight is 396 g/mol. The van der Waals surface area contributed by atoms with E-state index in [1.807, 2.05) is 30.3 Å². The fourth-order valence-electron chi connectivity index (χ4n) is 2.19. The summed E-state index contributed by atoms with van der Waals surface area (Å²) in [7, 11) is 0. The Morgan fingerprint density at radius 1 is 0.815 bits per heavy atom. The molecule has 0 aliphatic rings. The van der Waals surface area contributed by atoms with Crippen LogP contribution in [0.4, 0.5) is 17.1 Å². The standard InChI is InChI=1S/C21H15Cl2N3O/c22-19-12-6-15(14-20(19)23)7-13-21(27)24-16-8-10-18(11-9-16)26-25-17-4-2-1-3-5-17/h1-14H,(H,24,27). The number of anilines is 1. The largest absolute Gasteiger partial charge is 0.323 e. The van der Waals surface area contributed by atoms with Crippen LogP contribution in [0, 0.1) is 0 Å². The molecule has 0 saturated carbocycles. The van der Waals surface area contributed by atoms with Crippen LogP contribution < -0.4 is 5.32 Å². The maximum atomic E-state index is 12.0. The lowest BCUT2D eigenvalue weighted by Gasteiger charge is -2.02. The van der Waals surface area contributed by atoms with Crippen molar-refractivity contribution in [1.29, 1.82) is 0 Å². The van der Waals surface area contributed by atoms with Crippen LogP contribution in [-0.4, -0.2) is 5.91 Å². The first-order valence-electron chi connectivity index (χ1n) is 8.11. The maximum Gasteiger partial charge on any atom is 0.248 e. The fourth-order valence-corrected chi connectivity index (χ4v) is 2.50. The Morgan fingerprint density at radius 3 is 2.15 bits per heavy atom. The average Bonchev–Trinajstić information content (AvgIpc) is 2.69. The fraction of sp³-hybridized carbons (Fsp3) is 0. The van der Waals surface area contributed by atoms with E-state index in [0.717, 1.165) is 11.3 Å². The van der Waals surface area contributed by atoms with Crippen LogP contribution >= 0.6 is 23.2 Å². The maximum absolute atomic E-state index is 12.0. The third-order valence-corrected chi connectivity index (χ3v) is 4.28. The molecule has 0 heterocycles. The van der Waals surface area contributed by atoms with Gasteiger partial charge in [-0.25, -0.2) is 0 Å². The molecule has 0 aliphatic carbocycles. The Labute approximate surface area is 167 Å². The Bertz CT molecular complexity index is 984. The number of carbonyl (C=O) groups is 1. The zero-order chi connectivity index (χ0) is 19.1. The van der Waals surface area contributed by atoms with Crippen molar-refractivity contribution in [3.05, 3.63) is 94.5 Å². The SMILES string of the molecule is O=C(C=Cc1ccc(Cl)c(Cl)c1)Nc1ccc(N=Nc2ccccc2)cc1. The smallest absolute Gasteiger partial charge is 0.248 e. The second-order valence-electron chi connectivity index (χ2n) is 5.58. The molecular weight excluding hydrogens is 381 g/mol. The quantitative estimate of drug-likeness (QED) is 0.364. The number of carbonyl (C=O) groups excluding carboxylic acids is 1. The number of nitrogens with one attached hydrogen (secondary N) is 1. The van der Waals surface area contributed by atoms with Crippen molar-refractivity contribution in [1.82, 2.24) is 0 Å². The molecule has 0 radical (unpaired) electrons. The van der Waals surface area contributed by atoms with E-state index >= 15 is 0 Å². The summed E-state index contributed by atoms with van der Waals surface area (Å²) in [6.45, 7) is 0. The van der Waals surface area contributed by atoms with Crippen molar-refractivity contribution in [2.45, 2.75) is 0 Å². The van der Waals surface area contributed by atoms with Gasteiger partial charge in [-0.2, -0.15) is 10.2 Å². The minimum absolute atomic E-state index is 0.250. The summed E-state index contributed by atoms with van der Waals surface area (Å²) in [4.78, 5) is 12.0. The highest BCUT2D eigenvalue weighted by molar-refractivity contribution is 6.42. The van der Waals surface area contributed by atoms with Gasteiger partial charge in [0.25, 0.3) is 0 Å². The summed E-state index contributed by atoms with van der Waals surface area (Å²) in [5.74, 6) is -0.250. The molecule has 0 fully saturated rings. The molecule has 3 aromatic rings. The molecule has 134 valence electrons. The van der Waals surface area contributed by atoms with Crippen molar-refractivity contribution < 1.29 is 4.79 Å². The highest BCUT2D eigenvalue weighted by atomic mass is 35.5. The van der Waals surface area contributed by atoms with E-state index in [0.29, 0.717) is 21.4 Å². The molecule has 4 nitrogen and oxygen atoms in total. The molecule has 3 rings (SSSR count). The molecule has 0 aromatic heterocycles. The highest BCUT2D eigenvalue weighted by Crippen LogP contribution is 2.23. The molecule has 0 saturated heterocycles. The van der Waals surface area contributed by atoms with Gasteiger partial charge in [-0.1, -0.05) is 47.5 Å². The predicted molar refractivity (Wildman–Crippen MR) is 111 cm³/mol. The van der Waals surface area contributed by atoms with Crippen molar-refractivity contribution in [3.8, 4) is 0 Å². The second kappa shape index (κ2) is 9.12. The topological polar surface area (TPSA) is 53.8 Å². The molecule has 0 bridgehead atoms. The summed E-state index contributed by atoms with van der Waals surface area (Å²) in [5.41, 5.74) is 2.93. The first-order chi connectivity index (χ1) is 13.1.